The van der Waals surface area contributed by atoms with E-state index in [1.54, 1.807) is 0 Å². The van der Waals surface area contributed by atoms with Crippen molar-refractivity contribution in [3.8, 4) is 0 Å². The van der Waals surface area contributed by atoms with Crippen LogP contribution in [0.4, 0.5) is 5.69 Å². The zero-order chi connectivity index (χ0) is 13.5. The molecule has 0 aliphatic carbocycles. The minimum Gasteiger partial charge on any atom is -0.396 e. The number of aliphatic hydroxyl groups is 1. The van der Waals surface area contributed by atoms with E-state index >= 15 is 0 Å². The van der Waals surface area contributed by atoms with Crippen LogP contribution in [0.3, 0.4) is 0 Å². The molecule has 1 unspecified atom stereocenters. The number of aliphatic hydroxyl groups excluding tert-OH is 1. The number of halogens is 1. The van der Waals surface area contributed by atoms with E-state index in [1.165, 1.54) is 5.56 Å². The number of anilines is 1. The summed E-state index contributed by atoms with van der Waals surface area (Å²) in [6.45, 7) is 6.34. The van der Waals surface area contributed by atoms with Crippen molar-refractivity contribution in [2.24, 2.45) is 0 Å². The van der Waals surface area contributed by atoms with Crippen LogP contribution in [0.25, 0.3) is 0 Å². The predicted octanol–water partition coefficient (Wildman–Crippen LogP) is 2.94. The van der Waals surface area contributed by atoms with E-state index in [-0.39, 0.29) is 6.61 Å². The Balaban J connectivity index is 2.78. The van der Waals surface area contributed by atoms with Gasteiger partial charge in [-0.05, 0) is 53.5 Å². The number of nitrogens with one attached hydrogen (secondary N) is 1. The van der Waals surface area contributed by atoms with Gasteiger partial charge < -0.3 is 15.3 Å². The van der Waals surface area contributed by atoms with Crippen LogP contribution in [-0.4, -0.2) is 31.9 Å². The smallest absolute Gasteiger partial charge is 0.0508 e. The molecule has 102 valence electrons. The van der Waals surface area contributed by atoms with Gasteiger partial charge in [0.1, 0.15) is 0 Å². The summed E-state index contributed by atoms with van der Waals surface area (Å²) >= 11 is 3.63. The van der Waals surface area contributed by atoms with Crippen molar-refractivity contribution in [3.05, 3.63) is 28.2 Å². The van der Waals surface area contributed by atoms with E-state index < -0.39 is 0 Å². The largest absolute Gasteiger partial charge is 0.396 e. The Bertz CT molecular complexity index is 371. The Kier molecular flexibility index (Phi) is 6.68. The van der Waals surface area contributed by atoms with Crippen molar-refractivity contribution in [1.82, 2.24) is 5.32 Å². The van der Waals surface area contributed by atoms with Crippen LogP contribution in [0.2, 0.25) is 0 Å². The topological polar surface area (TPSA) is 35.5 Å². The van der Waals surface area contributed by atoms with Gasteiger partial charge in [0.15, 0.2) is 0 Å². The zero-order valence-electron chi connectivity index (χ0n) is 11.4. The van der Waals surface area contributed by atoms with Crippen molar-refractivity contribution in [2.45, 2.75) is 26.3 Å². The minimum absolute atomic E-state index is 0.234. The number of hydrogen-bond acceptors (Lipinski definition) is 3. The van der Waals surface area contributed by atoms with Crippen LogP contribution in [0.5, 0.6) is 0 Å². The summed E-state index contributed by atoms with van der Waals surface area (Å²) in [5.74, 6) is 0. The molecule has 0 aliphatic heterocycles. The molecule has 0 aliphatic rings. The Labute approximate surface area is 118 Å². The molecule has 18 heavy (non-hydrogen) atoms. The highest BCUT2D eigenvalue weighted by atomic mass is 79.9. The lowest BCUT2D eigenvalue weighted by Crippen LogP contribution is -2.21. The zero-order valence-corrected chi connectivity index (χ0v) is 13.0. The molecule has 0 amide bonds. The maximum atomic E-state index is 8.86. The van der Waals surface area contributed by atoms with Gasteiger partial charge in [-0.1, -0.05) is 13.0 Å². The molecular weight excluding hydrogens is 292 g/mol. The molecule has 3 nitrogen and oxygen atoms in total. The Hall–Kier alpha value is -0.580. The van der Waals surface area contributed by atoms with Gasteiger partial charge in [0, 0.05) is 30.7 Å². The third-order valence-corrected chi connectivity index (χ3v) is 3.68. The van der Waals surface area contributed by atoms with Crippen LogP contribution in [0, 0.1) is 0 Å². The summed E-state index contributed by atoms with van der Waals surface area (Å²) in [6.07, 6.45) is 0.790. The van der Waals surface area contributed by atoms with Gasteiger partial charge in [0.25, 0.3) is 0 Å². The SMILES string of the molecule is CCNC(C)c1ccc(N(C)CCCO)c(Br)c1. The molecule has 1 aromatic carbocycles. The molecule has 0 bridgehead atoms. The maximum Gasteiger partial charge on any atom is 0.0508 e. The monoisotopic (exact) mass is 314 g/mol. The standard InChI is InChI=1S/C14H23BrN2O/c1-4-16-11(2)12-6-7-14(13(15)10-12)17(3)8-5-9-18/h6-7,10-11,16,18H,4-5,8-9H2,1-3H3. The van der Waals surface area contributed by atoms with E-state index in [0.29, 0.717) is 6.04 Å². The van der Waals surface area contributed by atoms with E-state index in [2.05, 4.69) is 58.2 Å². The third-order valence-electron chi connectivity index (χ3n) is 3.04. The number of rotatable bonds is 7. The van der Waals surface area contributed by atoms with Crippen molar-refractivity contribution >= 4 is 21.6 Å². The van der Waals surface area contributed by atoms with Crippen LogP contribution >= 0.6 is 15.9 Å². The molecule has 0 heterocycles. The van der Waals surface area contributed by atoms with Gasteiger partial charge >= 0.3 is 0 Å². The quantitative estimate of drug-likeness (QED) is 0.812. The van der Waals surface area contributed by atoms with Gasteiger partial charge in [-0.3, -0.25) is 0 Å². The molecule has 2 N–H and O–H groups in total. The first-order valence-corrected chi connectivity index (χ1v) is 7.24. The van der Waals surface area contributed by atoms with Gasteiger partial charge in [-0.25, -0.2) is 0 Å². The molecule has 1 rings (SSSR count). The summed E-state index contributed by atoms with van der Waals surface area (Å²) in [4.78, 5) is 2.15. The van der Waals surface area contributed by atoms with Crippen LogP contribution in [0.1, 0.15) is 31.9 Å². The summed E-state index contributed by atoms with van der Waals surface area (Å²) < 4.78 is 1.10. The fourth-order valence-electron chi connectivity index (χ4n) is 1.95. The molecule has 0 aromatic heterocycles. The number of hydrogen-bond donors (Lipinski definition) is 2. The maximum absolute atomic E-state index is 8.86. The first-order valence-electron chi connectivity index (χ1n) is 6.45. The van der Waals surface area contributed by atoms with E-state index in [0.717, 1.165) is 29.7 Å². The molecule has 0 saturated carbocycles. The average Bonchev–Trinajstić information content (AvgIpc) is 2.36. The van der Waals surface area contributed by atoms with Crippen molar-refractivity contribution in [3.63, 3.8) is 0 Å². The second-order valence-corrected chi connectivity index (χ2v) is 5.34. The van der Waals surface area contributed by atoms with Crippen molar-refractivity contribution in [2.75, 3.05) is 31.6 Å². The lowest BCUT2D eigenvalue weighted by atomic mass is 10.1. The molecule has 0 radical (unpaired) electrons. The highest BCUT2D eigenvalue weighted by Crippen LogP contribution is 2.28. The molecule has 1 aromatic rings. The predicted molar refractivity (Wildman–Crippen MR) is 81.2 cm³/mol. The lowest BCUT2D eigenvalue weighted by molar-refractivity contribution is 0.290. The highest BCUT2D eigenvalue weighted by molar-refractivity contribution is 9.10. The van der Waals surface area contributed by atoms with E-state index in [4.69, 9.17) is 5.11 Å². The minimum atomic E-state index is 0.234. The summed E-state index contributed by atoms with van der Waals surface area (Å²) in [5.41, 5.74) is 2.44. The fourth-order valence-corrected chi connectivity index (χ4v) is 2.65. The van der Waals surface area contributed by atoms with Gasteiger partial charge in [-0.2, -0.15) is 0 Å². The molecule has 0 fully saturated rings. The van der Waals surface area contributed by atoms with Crippen molar-refractivity contribution < 1.29 is 5.11 Å². The van der Waals surface area contributed by atoms with Crippen molar-refractivity contribution in [1.29, 1.82) is 0 Å². The Morgan fingerprint density at radius 3 is 2.72 bits per heavy atom. The normalized spacial score (nSPS) is 12.5. The first kappa shape index (κ1) is 15.5. The average molecular weight is 315 g/mol. The van der Waals surface area contributed by atoms with Crippen LogP contribution in [0.15, 0.2) is 22.7 Å². The summed E-state index contributed by atoms with van der Waals surface area (Å²) in [5, 5.41) is 12.3. The molecule has 4 heteroatoms. The van der Waals surface area contributed by atoms with Crippen LogP contribution < -0.4 is 10.2 Å². The molecular formula is C14H23BrN2O. The lowest BCUT2D eigenvalue weighted by Gasteiger charge is -2.22. The number of nitrogens with zero attached hydrogens (tertiary/aromatic N) is 1. The summed E-state index contributed by atoms with van der Waals surface area (Å²) in [6, 6.07) is 6.81. The second-order valence-electron chi connectivity index (χ2n) is 4.49. The first-order chi connectivity index (χ1) is 8.60. The van der Waals surface area contributed by atoms with E-state index in [1.807, 2.05) is 7.05 Å². The highest BCUT2D eigenvalue weighted by Gasteiger charge is 2.09. The molecule has 0 saturated heterocycles. The fraction of sp³-hybridized carbons (Fsp3) is 0.571. The second kappa shape index (κ2) is 7.77. The van der Waals surface area contributed by atoms with Gasteiger partial charge in [-0.15, -0.1) is 0 Å². The summed E-state index contributed by atoms with van der Waals surface area (Å²) in [7, 11) is 2.04. The van der Waals surface area contributed by atoms with Gasteiger partial charge in [0.2, 0.25) is 0 Å². The molecule has 1 atom stereocenters. The Morgan fingerprint density at radius 2 is 2.17 bits per heavy atom. The van der Waals surface area contributed by atoms with E-state index in [9.17, 15) is 0 Å². The third kappa shape index (κ3) is 4.26. The van der Waals surface area contributed by atoms with Gasteiger partial charge in [0.05, 0.1) is 5.69 Å². The number of benzene rings is 1. The Morgan fingerprint density at radius 1 is 1.44 bits per heavy atom. The molecule has 0 spiro atoms. The van der Waals surface area contributed by atoms with Crippen LogP contribution in [-0.2, 0) is 0 Å².